The van der Waals surface area contributed by atoms with E-state index in [1.54, 1.807) is 19.9 Å². The molecule has 0 aliphatic heterocycles. The third-order valence-electron chi connectivity index (χ3n) is 4.24. The van der Waals surface area contributed by atoms with Crippen molar-refractivity contribution in [1.29, 1.82) is 0 Å². The molecule has 0 aliphatic carbocycles. The van der Waals surface area contributed by atoms with Crippen LogP contribution in [-0.2, 0) is 12.1 Å². The van der Waals surface area contributed by atoms with Gasteiger partial charge in [0.1, 0.15) is 17.1 Å². The average Bonchev–Trinajstić information content (AvgIpc) is 3.13. The highest BCUT2D eigenvalue weighted by molar-refractivity contribution is 5.80. The van der Waals surface area contributed by atoms with Crippen molar-refractivity contribution >= 4 is 16.9 Å². The van der Waals surface area contributed by atoms with Crippen molar-refractivity contribution in [2.45, 2.75) is 32.9 Å². The van der Waals surface area contributed by atoms with Crippen LogP contribution in [0.1, 0.15) is 29.7 Å². The number of para-hydroxylation sites is 1. The van der Waals surface area contributed by atoms with E-state index in [0.717, 1.165) is 22.4 Å². The number of hydrogen-bond donors (Lipinski definition) is 4. The van der Waals surface area contributed by atoms with Crippen molar-refractivity contribution < 1.29 is 14.3 Å². The molecule has 1 atom stereocenters. The lowest BCUT2D eigenvalue weighted by Crippen LogP contribution is -2.43. The number of carbonyl (C=O) groups is 1. The first-order valence-electron chi connectivity index (χ1n) is 8.23. The molecule has 3 rings (SSSR count). The lowest BCUT2D eigenvalue weighted by molar-refractivity contribution is 0.0579. The number of nitrogens with one attached hydrogen (secondary N) is 3. The molecule has 2 amide bonds. The number of aromatic nitrogens is 1. The Kier molecular flexibility index (Phi) is 4.55. The molecule has 0 bridgehead atoms. The van der Waals surface area contributed by atoms with Crippen LogP contribution >= 0.6 is 0 Å². The minimum Gasteiger partial charge on any atom is -0.466 e. The molecule has 132 valence electrons. The summed E-state index contributed by atoms with van der Waals surface area (Å²) in [5.74, 6) is 1.39. The van der Waals surface area contributed by atoms with Crippen LogP contribution in [0.5, 0.6) is 0 Å². The number of urea groups is 1. The number of benzene rings is 1. The molecule has 0 spiro atoms. The number of furan rings is 1. The zero-order chi connectivity index (χ0) is 18.0. The smallest absolute Gasteiger partial charge is 0.315 e. The van der Waals surface area contributed by atoms with E-state index in [9.17, 15) is 9.90 Å². The quantitative estimate of drug-likeness (QED) is 0.575. The molecule has 0 aliphatic rings. The summed E-state index contributed by atoms with van der Waals surface area (Å²) in [4.78, 5) is 15.3. The number of hydrogen-bond acceptors (Lipinski definition) is 3. The van der Waals surface area contributed by atoms with Gasteiger partial charge in [-0.25, -0.2) is 4.79 Å². The molecule has 0 fully saturated rings. The number of aryl methyl sites for hydroxylation is 2. The number of carbonyl (C=O) groups excluding carboxylic acids is 1. The maximum Gasteiger partial charge on any atom is 0.315 e. The second-order valence-corrected chi connectivity index (χ2v) is 6.52. The van der Waals surface area contributed by atoms with Gasteiger partial charge in [-0.15, -0.1) is 0 Å². The van der Waals surface area contributed by atoms with Crippen molar-refractivity contribution in [3.05, 3.63) is 59.2 Å². The third-order valence-corrected chi connectivity index (χ3v) is 4.24. The third kappa shape index (κ3) is 3.85. The lowest BCUT2D eigenvalue weighted by Gasteiger charge is -2.23. The Bertz CT molecular complexity index is 859. The Morgan fingerprint density at radius 1 is 1.24 bits per heavy atom. The van der Waals surface area contributed by atoms with Crippen molar-refractivity contribution in [3.8, 4) is 0 Å². The molecule has 0 saturated carbocycles. The number of H-pyrrole nitrogens is 1. The van der Waals surface area contributed by atoms with Crippen LogP contribution in [0.3, 0.4) is 0 Å². The summed E-state index contributed by atoms with van der Waals surface area (Å²) in [6.07, 6.45) is 0. The first-order chi connectivity index (χ1) is 11.8. The molecule has 0 saturated heterocycles. The van der Waals surface area contributed by atoms with E-state index in [1.807, 2.05) is 37.3 Å². The highest BCUT2D eigenvalue weighted by Gasteiger charge is 2.28. The van der Waals surface area contributed by atoms with E-state index >= 15 is 0 Å². The molecule has 1 unspecified atom stereocenters. The first kappa shape index (κ1) is 17.1. The van der Waals surface area contributed by atoms with Crippen LogP contribution in [0.15, 0.2) is 40.8 Å². The van der Waals surface area contributed by atoms with E-state index in [2.05, 4.69) is 15.6 Å². The topological polar surface area (TPSA) is 90.3 Å². The van der Waals surface area contributed by atoms with E-state index in [1.165, 1.54) is 0 Å². The molecule has 2 heterocycles. The van der Waals surface area contributed by atoms with Gasteiger partial charge in [0.25, 0.3) is 0 Å². The molecule has 1 aromatic carbocycles. The van der Waals surface area contributed by atoms with Gasteiger partial charge in [-0.1, -0.05) is 18.2 Å². The molecule has 0 radical (unpaired) electrons. The van der Waals surface area contributed by atoms with Crippen molar-refractivity contribution in [2.24, 2.45) is 0 Å². The maximum atomic E-state index is 12.0. The summed E-state index contributed by atoms with van der Waals surface area (Å²) in [6.45, 7) is 5.75. The number of amides is 2. The highest BCUT2D eigenvalue weighted by atomic mass is 16.3. The molecular weight excluding hydrogens is 318 g/mol. The Hall–Kier alpha value is -2.73. The van der Waals surface area contributed by atoms with E-state index < -0.39 is 5.60 Å². The fourth-order valence-corrected chi connectivity index (χ4v) is 2.98. The van der Waals surface area contributed by atoms with Gasteiger partial charge < -0.3 is 25.1 Å². The molecule has 6 heteroatoms. The average molecular weight is 341 g/mol. The van der Waals surface area contributed by atoms with Gasteiger partial charge in [-0.3, -0.25) is 0 Å². The second kappa shape index (κ2) is 6.64. The highest BCUT2D eigenvalue weighted by Crippen LogP contribution is 2.26. The fraction of sp³-hybridized carbons (Fsp3) is 0.316. The minimum absolute atomic E-state index is 0.0886. The number of aromatic amines is 1. The van der Waals surface area contributed by atoms with Crippen molar-refractivity contribution in [1.82, 2.24) is 15.6 Å². The van der Waals surface area contributed by atoms with E-state index in [4.69, 9.17) is 4.42 Å². The molecular formula is C19H23N3O3. The Labute approximate surface area is 146 Å². The van der Waals surface area contributed by atoms with Gasteiger partial charge in [-0.05, 0) is 44.4 Å². The normalized spacial score (nSPS) is 13.6. The number of fused-ring (bicyclic) bond motifs is 1. The number of aliphatic hydroxyl groups is 1. The van der Waals surface area contributed by atoms with Crippen LogP contribution in [0, 0.1) is 13.8 Å². The van der Waals surface area contributed by atoms with E-state index in [-0.39, 0.29) is 12.6 Å². The van der Waals surface area contributed by atoms with Gasteiger partial charge >= 0.3 is 6.03 Å². The summed E-state index contributed by atoms with van der Waals surface area (Å²) in [5.41, 5.74) is 1.44. The predicted molar refractivity (Wildman–Crippen MR) is 96.3 cm³/mol. The van der Waals surface area contributed by atoms with Crippen LogP contribution in [-0.4, -0.2) is 22.7 Å². The molecule has 4 N–H and O–H groups in total. The van der Waals surface area contributed by atoms with Crippen LogP contribution in [0.2, 0.25) is 0 Å². The van der Waals surface area contributed by atoms with Crippen molar-refractivity contribution in [3.63, 3.8) is 0 Å². The summed E-state index contributed by atoms with van der Waals surface area (Å²) in [7, 11) is 0. The van der Waals surface area contributed by atoms with Gasteiger partial charge in [0.2, 0.25) is 0 Å². The van der Waals surface area contributed by atoms with Crippen molar-refractivity contribution in [2.75, 3.05) is 6.54 Å². The molecule has 3 aromatic rings. The molecule has 2 aromatic heterocycles. The zero-order valence-electron chi connectivity index (χ0n) is 14.6. The molecule has 6 nitrogen and oxygen atoms in total. The molecule has 25 heavy (non-hydrogen) atoms. The summed E-state index contributed by atoms with van der Waals surface area (Å²) in [5, 5.41) is 17.2. The maximum absolute atomic E-state index is 12.0. The summed E-state index contributed by atoms with van der Waals surface area (Å²) >= 11 is 0. The summed E-state index contributed by atoms with van der Waals surface area (Å²) in [6, 6.07) is 11.4. The fourth-order valence-electron chi connectivity index (χ4n) is 2.98. The Balaban J connectivity index is 1.54. The first-order valence-corrected chi connectivity index (χ1v) is 8.23. The Morgan fingerprint density at radius 3 is 2.68 bits per heavy atom. The SMILES string of the molecule is Cc1cc(C(C)(O)CNC(=O)NCc2cc3ccccc3[nH]2)c(C)o1. The van der Waals surface area contributed by atoms with Crippen LogP contribution in [0.25, 0.3) is 10.9 Å². The summed E-state index contributed by atoms with van der Waals surface area (Å²) < 4.78 is 5.45. The lowest BCUT2D eigenvalue weighted by atomic mass is 9.96. The minimum atomic E-state index is -1.19. The zero-order valence-corrected chi connectivity index (χ0v) is 14.6. The van der Waals surface area contributed by atoms with E-state index in [0.29, 0.717) is 17.9 Å². The van der Waals surface area contributed by atoms with Gasteiger partial charge in [-0.2, -0.15) is 0 Å². The monoisotopic (exact) mass is 341 g/mol. The predicted octanol–water partition coefficient (Wildman–Crippen LogP) is 3.08. The van der Waals surface area contributed by atoms with Gasteiger partial charge in [0.15, 0.2) is 0 Å². The number of rotatable bonds is 5. The van der Waals surface area contributed by atoms with Crippen LogP contribution < -0.4 is 10.6 Å². The Morgan fingerprint density at radius 2 is 2.00 bits per heavy atom. The largest absolute Gasteiger partial charge is 0.466 e. The standard InChI is InChI=1S/C19H23N3O3/c1-12-8-16(13(2)25-12)19(3,24)11-21-18(23)20-10-15-9-14-6-4-5-7-17(14)22-15/h4-9,22,24H,10-11H2,1-3H3,(H2,20,21,23). The van der Waals surface area contributed by atoms with Gasteiger partial charge in [0, 0.05) is 16.8 Å². The second-order valence-electron chi connectivity index (χ2n) is 6.52. The van der Waals surface area contributed by atoms with Gasteiger partial charge in [0.05, 0.1) is 13.1 Å². The van der Waals surface area contributed by atoms with Crippen LogP contribution in [0.4, 0.5) is 4.79 Å².